The number of hydrogen-bond acceptors (Lipinski definition) is 4. The summed E-state index contributed by atoms with van der Waals surface area (Å²) in [5, 5.41) is 6.89. The van der Waals surface area contributed by atoms with E-state index < -0.39 is 0 Å². The van der Waals surface area contributed by atoms with Crippen molar-refractivity contribution in [2.24, 2.45) is 0 Å². The molecule has 1 aromatic heterocycles. The van der Waals surface area contributed by atoms with E-state index in [0.717, 1.165) is 34.0 Å². The molecule has 3 rings (SSSR count). The molecule has 0 unspecified atom stereocenters. The third-order valence-corrected chi connectivity index (χ3v) is 4.69. The van der Waals surface area contributed by atoms with E-state index in [4.69, 9.17) is 9.26 Å². The highest BCUT2D eigenvalue weighted by molar-refractivity contribution is 5.92. The molecule has 5 nitrogen and oxygen atoms in total. The molecule has 0 saturated carbocycles. The van der Waals surface area contributed by atoms with Crippen molar-refractivity contribution in [3.8, 4) is 5.75 Å². The fraction of sp³-hybridized carbons (Fsp3) is 0.304. The highest BCUT2D eigenvalue weighted by Crippen LogP contribution is 2.20. The average Bonchev–Trinajstić information content (AvgIpc) is 2.99. The van der Waals surface area contributed by atoms with Gasteiger partial charge in [0.1, 0.15) is 18.1 Å². The molecule has 0 saturated heterocycles. The Balaban J connectivity index is 1.55. The third-order valence-electron chi connectivity index (χ3n) is 4.69. The zero-order valence-electron chi connectivity index (χ0n) is 16.8. The number of ether oxygens (including phenoxy) is 1. The Hall–Kier alpha value is -3.08. The number of nitrogens with zero attached hydrogens (tertiary/aromatic N) is 1. The summed E-state index contributed by atoms with van der Waals surface area (Å²) in [6.07, 6.45) is 0.316. The summed E-state index contributed by atoms with van der Waals surface area (Å²) in [6, 6.07) is 15.5. The Labute approximate surface area is 165 Å². The van der Waals surface area contributed by atoms with Gasteiger partial charge in [0.2, 0.25) is 5.91 Å². The first-order valence-corrected chi connectivity index (χ1v) is 9.45. The summed E-state index contributed by atoms with van der Waals surface area (Å²) < 4.78 is 10.9. The maximum atomic E-state index is 12.3. The number of benzene rings is 2. The minimum atomic E-state index is -0.0368. The lowest BCUT2D eigenvalue weighted by Gasteiger charge is -2.10. The molecule has 0 bridgehead atoms. The Bertz CT molecular complexity index is 923. The SMILES string of the molecule is Cc1noc(C)c1COc1ccc(CC(=O)Nc2cccc(C(C)C)c2)cc1. The van der Waals surface area contributed by atoms with E-state index >= 15 is 0 Å². The zero-order valence-corrected chi connectivity index (χ0v) is 16.8. The number of aromatic nitrogens is 1. The molecule has 3 aromatic rings. The van der Waals surface area contributed by atoms with E-state index in [9.17, 15) is 4.79 Å². The molecular weight excluding hydrogens is 352 g/mol. The molecular formula is C23H26N2O3. The Morgan fingerprint density at radius 2 is 1.89 bits per heavy atom. The van der Waals surface area contributed by atoms with Crippen LogP contribution in [0.25, 0.3) is 0 Å². The first kappa shape index (κ1) is 19.7. The van der Waals surface area contributed by atoms with Crippen LogP contribution >= 0.6 is 0 Å². The van der Waals surface area contributed by atoms with E-state index in [0.29, 0.717) is 18.9 Å². The Kier molecular flexibility index (Phi) is 6.14. The summed E-state index contributed by atoms with van der Waals surface area (Å²) >= 11 is 0. The maximum Gasteiger partial charge on any atom is 0.228 e. The first-order chi connectivity index (χ1) is 13.4. The highest BCUT2D eigenvalue weighted by atomic mass is 16.5. The van der Waals surface area contributed by atoms with Crippen molar-refractivity contribution in [3.63, 3.8) is 0 Å². The van der Waals surface area contributed by atoms with Gasteiger partial charge in [-0.2, -0.15) is 0 Å². The fourth-order valence-corrected chi connectivity index (χ4v) is 2.93. The predicted octanol–water partition coefficient (Wildman–Crippen LogP) is 5.18. The summed E-state index contributed by atoms with van der Waals surface area (Å²) in [5.74, 6) is 1.90. The molecule has 0 atom stereocenters. The number of amides is 1. The van der Waals surface area contributed by atoms with Crippen molar-refractivity contribution in [2.45, 2.75) is 46.6 Å². The lowest BCUT2D eigenvalue weighted by Crippen LogP contribution is -2.14. The molecule has 0 radical (unpaired) electrons. The number of aryl methyl sites for hydroxylation is 2. The second kappa shape index (κ2) is 8.74. The molecule has 0 aliphatic carbocycles. The normalized spacial score (nSPS) is 10.9. The van der Waals surface area contributed by atoms with Crippen molar-refractivity contribution < 1.29 is 14.1 Å². The minimum Gasteiger partial charge on any atom is -0.489 e. The zero-order chi connectivity index (χ0) is 20.1. The lowest BCUT2D eigenvalue weighted by atomic mass is 10.0. The van der Waals surface area contributed by atoms with Crippen LogP contribution in [0.3, 0.4) is 0 Å². The van der Waals surface area contributed by atoms with Gasteiger partial charge in [-0.05, 0) is 55.2 Å². The fourth-order valence-electron chi connectivity index (χ4n) is 2.93. The standard InChI is InChI=1S/C23H26N2O3/c1-15(2)19-6-5-7-20(13-19)24-23(26)12-18-8-10-21(11-9-18)27-14-22-16(3)25-28-17(22)4/h5-11,13,15H,12,14H2,1-4H3,(H,24,26). The van der Waals surface area contributed by atoms with Crippen LogP contribution in [0.4, 0.5) is 5.69 Å². The van der Waals surface area contributed by atoms with Crippen LogP contribution in [0.5, 0.6) is 5.75 Å². The van der Waals surface area contributed by atoms with Gasteiger partial charge in [-0.15, -0.1) is 0 Å². The van der Waals surface area contributed by atoms with Crippen LogP contribution in [0, 0.1) is 13.8 Å². The van der Waals surface area contributed by atoms with E-state index in [1.165, 1.54) is 5.56 Å². The quantitative estimate of drug-likeness (QED) is 0.616. The van der Waals surface area contributed by atoms with E-state index in [2.05, 4.69) is 30.4 Å². The van der Waals surface area contributed by atoms with Gasteiger partial charge in [0.25, 0.3) is 0 Å². The predicted molar refractivity (Wildman–Crippen MR) is 110 cm³/mol. The largest absolute Gasteiger partial charge is 0.489 e. The van der Waals surface area contributed by atoms with Crippen molar-refractivity contribution in [3.05, 3.63) is 76.7 Å². The van der Waals surface area contributed by atoms with Gasteiger partial charge in [-0.1, -0.05) is 43.3 Å². The summed E-state index contributed by atoms with van der Waals surface area (Å²) in [5.41, 5.74) is 4.77. The number of carbonyl (C=O) groups is 1. The van der Waals surface area contributed by atoms with Crippen LogP contribution in [-0.2, 0) is 17.8 Å². The van der Waals surface area contributed by atoms with Crippen molar-refractivity contribution >= 4 is 11.6 Å². The highest BCUT2D eigenvalue weighted by Gasteiger charge is 2.10. The van der Waals surface area contributed by atoms with Crippen molar-refractivity contribution in [1.29, 1.82) is 0 Å². The smallest absolute Gasteiger partial charge is 0.228 e. The monoisotopic (exact) mass is 378 g/mol. The molecule has 0 aliphatic heterocycles. The van der Waals surface area contributed by atoms with Gasteiger partial charge in [0.15, 0.2) is 0 Å². The van der Waals surface area contributed by atoms with Crippen LogP contribution in [-0.4, -0.2) is 11.1 Å². The first-order valence-electron chi connectivity index (χ1n) is 9.45. The van der Waals surface area contributed by atoms with Gasteiger partial charge < -0.3 is 14.6 Å². The van der Waals surface area contributed by atoms with E-state index in [1.54, 1.807) is 0 Å². The molecule has 0 fully saturated rings. The maximum absolute atomic E-state index is 12.3. The minimum absolute atomic E-state index is 0.0368. The van der Waals surface area contributed by atoms with E-state index in [1.807, 2.05) is 56.3 Å². The molecule has 146 valence electrons. The average molecular weight is 378 g/mol. The molecule has 5 heteroatoms. The molecule has 0 spiro atoms. The molecule has 1 amide bonds. The Morgan fingerprint density at radius 3 is 2.54 bits per heavy atom. The van der Waals surface area contributed by atoms with Gasteiger partial charge in [0.05, 0.1) is 17.7 Å². The molecule has 1 heterocycles. The van der Waals surface area contributed by atoms with Crippen molar-refractivity contribution in [2.75, 3.05) is 5.32 Å². The third kappa shape index (κ3) is 5.00. The number of anilines is 1. The van der Waals surface area contributed by atoms with Gasteiger partial charge in [-0.25, -0.2) is 0 Å². The van der Waals surface area contributed by atoms with Gasteiger partial charge >= 0.3 is 0 Å². The van der Waals surface area contributed by atoms with E-state index in [-0.39, 0.29) is 5.91 Å². The molecule has 2 aromatic carbocycles. The number of rotatable bonds is 7. The molecule has 1 N–H and O–H groups in total. The Morgan fingerprint density at radius 1 is 1.14 bits per heavy atom. The van der Waals surface area contributed by atoms with Crippen LogP contribution in [0.2, 0.25) is 0 Å². The number of carbonyl (C=O) groups excluding carboxylic acids is 1. The van der Waals surface area contributed by atoms with Crippen LogP contribution in [0.1, 0.15) is 47.9 Å². The van der Waals surface area contributed by atoms with Gasteiger partial charge in [0, 0.05) is 5.69 Å². The summed E-state index contributed by atoms with van der Waals surface area (Å²) in [7, 11) is 0. The summed E-state index contributed by atoms with van der Waals surface area (Å²) in [6.45, 7) is 8.45. The van der Waals surface area contributed by atoms with Crippen LogP contribution < -0.4 is 10.1 Å². The lowest BCUT2D eigenvalue weighted by molar-refractivity contribution is -0.115. The van der Waals surface area contributed by atoms with Crippen molar-refractivity contribution in [1.82, 2.24) is 5.16 Å². The number of hydrogen-bond donors (Lipinski definition) is 1. The van der Waals surface area contributed by atoms with Crippen LogP contribution in [0.15, 0.2) is 53.1 Å². The van der Waals surface area contributed by atoms with Gasteiger partial charge in [-0.3, -0.25) is 4.79 Å². The molecule has 28 heavy (non-hydrogen) atoms. The second-order valence-corrected chi connectivity index (χ2v) is 7.24. The number of nitrogens with one attached hydrogen (secondary N) is 1. The summed E-state index contributed by atoms with van der Waals surface area (Å²) in [4.78, 5) is 12.3. The topological polar surface area (TPSA) is 64.4 Å². The second-order valence-electron chi connectivity index (χ2n) is 7.24. The molecule has 0 aliphatic rings.